The fourth-order valence-corrected chi connectivity index (χ4v) is 2.59. The minimum atomic E-state index is 0.885. The number of ether oxygens (including phenoxy) is 2. The number of fused-ring (bicyclic) bond motifs is 1. The zero-order chi connectivity index (χ0) is 14.8. The van der Waals surface area contributed by atoms with E-state index < -0.39 is 0 Å². The molecule has 0 saturated heterocycles. The molecule has 3 aromatic carbocycles. The van der Waals surface area contributed by atoms with Crippen LogP contribution in [0, 0.1) is 6.92 Å². The zero-order valence-corrected chi connectivity index (χ0v) is 12.5. The maximum atomic E-state index is 5.32. The number of rotatable bonds is 3. The van der Waals surface area contributed by atoms with Gasteiger partial charge in [-0.25, -0.2) is 0 Å². The lowest BCUT2D eigenvalue weighted by Gasteiger charge is -2.09. The second-order valence-electron chi connectivity index (χ2n) is 5.11. The molecule has 2 nitrogen and oxygen atoms in total. The van der Waals surface area contributed by atoms with Gasteiger partial charge in [-0.2, -0.15) is 0 Å². The predicted octanol–water partition coefficient (Wildman–Crippen LogP) is 4.83. The van der Waals surface area contributed by atoms with E-state index in [-0.39, 0.29) is 0 Å². The smallest absolute Gasteiger partial charge is 0.121 e. The monoisotopic (exact) mass is 278 g/mol. The summed E-state index contributed by atoms with van der Waals surface area (Å²) in [6.45, 7) is 2.06. The summed E-state index contributed by atoms with van der Waals surface area (Å²) >= 11 is 0. The highest BCUT2D eigenvalue weighted by Crippen LogP contribution is 2.29. The zero-order valence-electron chi connectivity index (χ0n) is 12.5. The summed E-state index contributed by atoms with van der Waals surface area (Å²) in [6, 6.07) is 18.9. The van der Waals surface area contributed by atoms with Crippen LogP contribution in [0.1, 0.15) is 5.56 Å². The van der Waals surface area contributed by atoms with Gasteiger partial charge < -0.3 is 9.47 Å². The Balaban J connectivity index is 2.06. The van der Waals surface area contributed by atoms with Crippen LogP contribution in [0.4, 0.5) is 0 Å². The average Bonchev–Trinajstić information content (AvgIpc) is 2.53. The third kappa shape index (κ3) is 2.57. The van der Waals surface area contributed by atoms with E-state index in [1.165, 1.54) is 21.9 Å². The molecule has 21 heavy (non-hydrogen) atoms. The quantitative estimate of drug-likeness (QED) is 0.683. The van der Waals surface area contributed by atoms with Crippen LogP contribution in [-0.2, 0) is 0 Å². The molecular formula is C19H18O2. The van der Waals surface area contributed by atoms with Crippen molar-refractivity contribution in [2.45, 2.75) is 6.92 Å². The number of hydrogen-bond donors (Lipinski definition) is 0. The van der Waals surface area contributed by atoms with Crippen LogP contribution < -0.4 is 9.47 Å². The van der Waals surface area contributed by atoms with Crippen LogP contribution in [0.25, 0.3) is 21.9 Å². The summed E-state index contributed by atoms with van der Waals surface area (Å²) in [5.74, 6) is 1.81. The topological polar surface area (TPSA) is 18.5 Å². The fourth-order valence-electron chi connectivity index (χ4n) is 2.59. The largest absolute Gasteiger partial charge is 0.497 e. The lowest BCUT2D eigenvalue weighted by molar-refractivity contribution is 0.412. The Kier molecular flexibility index (Phi) is 3.53. The third-order valence-corrected chi connectivity index (χ3v) is 3.78. The van der Waals surface area contributed by atoms with E-state index in [4.69, 9.17) is 9.47 Å². The Morgan fingerprint density at radius 3 is 2.05 bits per heavy atom. The molecule has 3 rings (SSSR count). The highest BCUT2D eigenvalue weighted by atomic mass is 16.5. The Morgan fingerprint density at radius 2 is 1.33 bits per heavy atom. The molecule has 2 heteroatoms. The number of aryl methyl sites for hydroxylation is 1. The molecule has 0 spiro atoms. The van der Waals surface area contributed by atoms with Gasteiger partial charge in [0.05, 0.1) is 14.2 Å². The standard InChI is InChI=1S/C19H18O2/c1-13-10-14(7-9-19(13)21-3)15-4-5-17-12-18(20-2)8-6-16(17)11-15/h4-12H,1-3H3. The molecule has 0 aliphatic heterocycles. The molecule has 0 saturated carbocycles. The Labute approximate surface area is 124 Å². The van der Waals surface area contributed by atoms with Crippen molar-refractivity contribution >= 4 is 10.8 Å². The first kappa shape index (κ1) is 13.5. The third-order valence-electron chi connectivity index (χ3n) is 3.78. The molecule has 106 valence electrons. The van der Waals surface area contributed by atoms with Crippen LogP contribution in [-0.4, -0.2) is 14.2 Å². The van der Waals surface area contributed by atoms with E-state index in [1.54, 1.807) is 14.2 Å². The summed E-state index contributed by atoms with van der Waals surface area (Å²) < 4.78 is 10.6. The number of hydrogen-bond acceptors (Lipinski definition) is 2. The minimum Gasteiger partial charge on any atom is -0.497 e. The number of methoxy groups -OCH3 is 2. The van der Waals surface area contributed by atoms with Crippen LogP contribution >= 0.6 is 0 Å². The van der Waals surface area contributed by atoms with E-state index in [1.807, 2.05) is 12.1 Å². The molecular weight excluding hydrogens is 260 g/mol. The Bertz CT molecular complexity index is 791. The Morgan fingerprint density at radius 1 is 0.667 bits per heavy atom. The molecule has 0 N–H and O–H groups in total. The van der Waals surface area contributed by atoms with Crippen LogP contribution in [0.5, 0.6) is 11.5 Å². The van der Waals surface area contributed by atoms with Gasteiger partial charge in [-0.3, -0.25) is 0 Å². The summed E-state index contributed by atoms with van der Waals surface area (Å²) in [5, 5.41) is 2.39. The summed E-state index contributed by atoms with van der Waals surface area (Å²) in [7, 11) is 3.39. The first-order chi connectivity index (χ1) is 10.2. The van der Waals surface area contributed by atoms with Gasteiger partial charge in [0.15, 0.2) is 0 Å². The molecule has 0 fully saturated rings. The van der Waals surface area contributed by atoms with Crippen molar-refractivity contribution in [1.29, 1.82) is 0 Å². The molecule has 0 amide bonds. The minimum absolute atomic E-state index is 0.885. The average molecular weight is 278 g/mol. The van der Waals surface area contributed by atoms with Crippen LogP contribution in [0.2, 0.25) is 0 Å². The highest BCUT2D eigenvalue weighted by molar-refractivity contribution is 5.88. The van der Waals surface area contributed by atoms with E-state index in [0.717, 1.165) is 17.1 Å². The van der Waals surface area contributed by atoms with Gasteiger partial charge in [-0.15, -0.1) is 0 Å². The molecule has 0 bridgehead atoms. The normalized spacial score (nSPS) is 10.6. The maximum Gasteiger partial charge on any atom is 0.121 e. The molecule has 0 heterocycles. The Hall–Kier alpha value is -2.48. The van der Waals surface area contributed by atoms with Crippen LogP contribution in [0.15, 0.2) is 54.6 Å². The molecule has 0 aliphatic carbocycles. The lowest BCUT2D eigenvalue weighted by Crippen LogP contribution is -1.88. The molecule has 0 radical (unpaired) electrons. The maximum absolute atomic E-state index is 5.32. The summed E-state index contributed by atoms with van der Waals surface area (Å²) in [6.07, 6.45) is 0. The van der Waals surface area contributed by atoms with Crippen LogP contribution in [0.3, 0.4) is 0 Å². The van der Waals surface area contributed by atoms with Crippen molar-refractivity contribution in [1.82, 2.24) is 0 Å². The fraction of sp³-hybridized carbons (Fsp3) is 0.158. The van der Waals surface area contributed by atoms with E-state index in [0.29, 0.717) is 0 Å². The molecule has 0 aromatic heterocycles. The summed E-state index contributed by atoms with van der Waals surface area (Å²) in [5.41, 5.74) is 3.55. The van der Waals surface area contributed by atoms with Gasteiger partial charge in [0.1, 0.15) is 11.5 Å². The van der Waals surface area contributed by atoms with Gasteiger partial charge in [0, 0.05) is 0 Å². The van der Waals surface area contributed by atoms with Crippen molar-refractivity contribution < 1.29 is 9.47 Å². The summed E-state index contributed by atoms with van der Waals surface area (Å²) in [4.78, 5) is 0. The SMILES string of the molecule is COc1ccc2cc(-c3ccc(OC)c(C)c3)ccc2c1. The second kappa shape index (κ2) is 5.49. The first-order valence-corrected chi connectivity index (χ1v) is 6.94. The van der Waals surface area contributed by atoms with Crippen molar-refractivity contribution in [3.05, 3.63) is 60.2 Å². The molecule has 0 aliphatic rings. The van der Waals surface area contributed by atoms with Crippen molar-refractivity contribution in [3.63, 3.8) is 0 Å². The predicted molar refractivity (Wildman–Crippen MR) is 87.2 cm³/mol. The highest BCUT2D eigenvalue weighted by Gasteiger charge is 2.04. The molecule has 3 aromatic rings. The van der Waals surface area contributed by atoms with Gasteiger partial charge >= 0.3 is 0 Å². The van der Waals surface area contributed by atoms with Crippen molar-refractivity contribution in [2.24, 2.45) is 0 Å². The number of benzene rings is 3. The van der Waals surface area contributed by atoms with Gasteiger partial charge in [-0.05, 0) is 64.7 Å². The first-order valence-electron chi connectivity index (χ1n) is 6.94. The van der Waals surface area contributed by atoms with E-state index >= 15 is 0 Å². The van der Waals surface area contributed by atoms with Crippen molar-refractivity contribution in [2.75, 3.05) is 14.2 Å². The van der Waals surface area contributed by atoms with Gasteiger partial charge in [0.2, 0.25) is 0 Å². The van der Waals surface area contributed by atoms with E-state index in [2.05, 4.69) is 49.4 Å². The van der Waals surface area contributed by atoms with E-state index in [9.17, 15) is 0 Å². The van der Waals surface area contributed by atoms with Crippen molar-refractivity contribution in [3.8, 4) is 22.6 Å². The van der Waals surface area contributed by atoms with Gasteiger partial charge in [0.25, 0.3) is 0 Å². The second-order valence-corrected chi connectivity index (χ2v) is 5.11. The molecule has 0 unspecified atom stereocenters. The lowest BCUT2D eigenvalue weighted by atomic mass is 9.99. The molecule has 0 atom stereocenters. The van der Waals surface area contributed by atoms with Gasteiger partial charge in [-0.1, -0.05) is 24.3 Å².